The number of rotatable bonds is 6. The molecule has 1 aliphatic rings. The van der Waals surface area contributed by atoms with Gasteiger partial charge in [0.05, 0.1) is 30.6 Å². The number of alkyl halides is 3. The Labute approximate surface area is 184 Å². The zero-order valence-electron chi connectivity index (χ0n) is 17.5. The number of anilines is 1. The third kappa shape index (κ3) is 5.16. The molecule has 7 nitrogen and oxygen atoms in total. The molecule has 11 heteroatoms. The van der Waals surface area contributed by atoms with Gasteiger partial charge in [-0.1, -0.05) is 0 Å². The molecule has 0 bridgehead atoms. The van der Waals surface area contributed by atoms with Gasteiger partial charge in [-0.25, -0.2) is 8.42 Å². The van der Waals surface area contributed by atoms with Crippen LogP contribution in [0.15, 0.2) is 47.4 Å². The minimum absolute atomic E-state index is 0.0129. The third-order valence-corrected chi connectivity index (χ3v) is 7.09. The number of carbonyl (C=O) groups excluding carboxylic acids is 1. The SMILES string of the molecule is COc1ccc(S(=O)(=O)N2CCC[C@@H](C(=O)Nc3ccc(C(F)(F)F)cc3)C2)cc1OC. The standard InChI is InChI=1S/C21H23F3N2O5S/c1-30-18-10-9-17(12-19(18)31-2)32(28,29)26-11-3-4-14(13-26)20(27)25-16-7-5-15(6-8-16)21(22,23)24/h5-10,12,14H,3-4,11,13H2,1-2H3,(H,25,27)/t14-/m1/s1. The van der Waals surface area contributed by atoms with Gasteiger partial charge in [-0.2, -0.15) is 17.5 Å². The van der Waals surface area contributed by atoms with Crippen molar-refractivity contribution in [1.29, 1.82) is 0 Å². The lowest BCUT2D eigenvalue weighted by molar-refractivity contribution is -0.137. The molecule has 1 amide bonds. The maximum absolute atomic E-state index is 13.1. The van der Waals surface area contributed by atoms with Crippen LogP contribution in [0.25, 0.3) is 0 Å². The van der Waals surface area contributed by atoms with Gasteiger partial charge in [-0.15, -0.1) is 0 Å². The summed E-state index contributed by atoms with van der Waals surface area (Å²) in [7, 11) is -1.05. The summed E-state index contributed by atoms with van der Waals surface area (Å²) < 4.78 is 75.8. The molecule has 2 aromatic rings. The lowest BCUT2D eigenvalue weighted by Gasteiger charge is -2.31. The second-order valence-electron chi connectivity index (χ2n) is 7.28. The number of hydrogen-bond donors (Lipinski definition) is 1. The van der Waals surface area contributed by atoms with Crippen molar-refractivity contribution in [2.24, 2.45) is 5.92 Å². The van der Waals surface area contributed by atoms with Gasteiger partial charge in [-0.05, 0) is 49.2 Å². The number of sulfonamides is 1. The van der Waals surface area contributed by atoms with Crippen LogP contribution in [0.3, 0.4) is 0 Å². The van der Waals surface area contributed by atoms with E-state index < -0.39 is 33.6 Å². The van der Waals surface area contributed by atoms with E-state index in [-0.39, 0.29) is 29.4 Å². The highest BCUT2D eigenvalue weighted by Gasteiger charge is 2.34. The van der Waals surface area contributed by atoms with Crippen molar-refractivity contribution in [2.75, 3.05) is 32.6 Å². The van der Waals surface area contributed by atoms with Crippen LogP contribution in [0, 0.1) is 5.92 Å². The van der Waals surface area contributed by atoms with Crippen LogP contribution in [0.1, 0.15) is 18.4 Å². The molecular weight excluding hydrogens is 449 g/mol. The van der Waals surface area contributed by atoms with E-state index in [1.54, 1.807) is 0 Å². The van der Waals surface area contributed by atoms with Gasteiger partial charge in [0.1, 0.15) is 0 Å². The van der Waals surface area contributed by atoms with E-state index in [9.17, 15) is 26.4 Å². The Hall–Kier alpha value is -2.79. The van der Waals surface area contributed by atoms with Crippen molar-refractivity contribution in [3.05, 3.63) is 48.0 Å². The van der Waals surface area contributed by atoms with Crippen LogP contribution >= 0.6 is 0 Å². The summed E-state index contributed by atoms with van der Waals surface area (Å²) in [5.41, 5.74) is -0.608. The summed E-state index contributed by atoms with van der Waals surface area (Å²) in [5, 5.41) is 2.57. The molecule has 2 aromatic carbocycles. The first kappa shape index (κ1) is 23.9. The maximum atomic E-state index is 13.1. The molecule has 0 radical (unpaired) electrons. The molecule has 3 rings (SSSR count). The molecule has 1 aliphatic heterocycles. The molecule has 1 fully saturated rings. The average Bonchev–Trinajstić information content (AvgIpc) is 2.78. The van der Waals surface area contributed by atoms with Crippen molar-refractivity contribution in [1.82, 2.24) is 4.31 Å². The first-order valence-corrected chi connectivity index (χ1v) is 11.2. The molecule has 0 spiro atoms. The van der Waals surface area contributed by atoms with Crippen LogP contribution < -0.4 is 14.8 Å². The quantitative estimate of drug-likeness (QED) is 0.692. The van der Waals surface area contributed by atoms with Crippen molar-refractivity contribution < 1.29 is 35.9 Å². The minimum Gasteiger partial charge on any atom is -0.493 e. The van der Waals surface area contributed by atoms with Gasteiger partial charge in [0.2, 0.25) is 15.9 Å². The monoisotopic (exact) mass is 472 g/mol. The van der Waals surface area contributed by atoms with E-state index in [2.05, 4.69) is 5.32 Å². The van der Waals surface area contributed by atoms with E-state index in [4.69, 9.17) is 9.47 Å². The maximum Gasteiger partial charge on any atom is 0.416 e. The fourth-order valence-corrected chi connectivity index (χ4v) is 5.03. The van der Waals surface area contributed by atoms with E-state index in [1.165, 1.54) is 48.9 Å². The lowest BCUT2D eigenvalue weighted by Crippen LogP contribution is -2.43. The highest BCUT2D eigenvalue weighted by molar-refractivity contribution is 7.89. The largest absolute Gasteiger partial charge is 0.493 e. The molecule has 0 saturated carbocycles. The van der Waals surface area contributed by atoms with Crippen molar-refractivity contribution in [2.45, 2.75) is 23.9 Å². The first-order chi connectivity index (χ1) is 15.1. The molecule has 0 aliphatic carbocycles. The Morgan fingerprint density at radius 1 is 1.06 bits per heavy atom. The Morgan fingerprint density at radius 2 is 1.72 bits per heavy atom. The fraction of sp³-hybridized carbons (Fsp3) is 0.381. The number of nitrogens with one attached hydrogen (secondary N) is 1. The summed E-state index contributed by atoms with van der Waals surface area (Å²) in [6, 6.07) is 8.35. The average molecular weight is 472 g/mol. The van der Waals surface area contributed by atoms with Gasteiger partial charge in [0.25, 0.3) is 0 Å². The van der Waals surface area contributed by atoms with E-state index in [0.29, 0.717) is 18.6 Å². The molecule has 1 saturated heterocycles. The van der Waals surface area contributed by atoms with Crippen LogP contribution in [-0.4, -0.2) is 45.9 Å². The number of amides is 1. The number of carbonyl (C=O) groups is 1. The van der Waals surface area contributed by atoms with Gasteiger partial charge in [-0.3, -0.25) is 4.79 Å². The normalized spacial score (nSPS) is 17.6. The number of benzene rings is 2. The lowest BCUT2D eigenvalue weighted by atomic mass is 9.98. The Bertz CT molecular complexity index is 1070. The zero-order valence-corrected chi connectivity index (χ0v) is 18.3. The third-order valence-electron chi connectivity index (χ3n) is 5.23. The molecular formula is C21H23F3N2O5S. The molecule has 0 aromatic heterocycles. The number of hydrogen-bond acceptors (Lipinski definition) is 5. The zero-order chi connectivity index (χ0) is 23.5. The van der Waals surface area contributed by atoms with Crippen molar-refractivity contribution >= 4 is 21.6 Å². The molecule has 174 valence electrons. The van der Waals surface area contributed by atoms with Crippen LogP contribution in [0.4, 0.5) is 18.9 Å². The summed E-state index contributed by atoms with van der Waals surface area (Å²) in [5.74, 6) is -0.431. The van der Waals surface area contributed by atoms with E-state index in [1.807, 2.05) is 0 Å². The molecule has 1 N–H and O–H groups in total. The fourth-order valence-electron chi connectivity index (χ4n) is 3.49. The van der Waals surface area contributed by atoms with Gasteiger partial charge >= 0.3 is 6.18 Å². The van der Waals surface area contributed by atoms with Crippen molar-refractivity contribution in [3.8, 4) is 11.5 Å². The summed E-state index contributed by atoms with van der Waals surface area (Å²) in [4.78, 5) is 12.7. The molecule has 1 heterocycles. The Kier molecular flexibility index (Phi) is 6.99. The highest BCUT2D eigenvalue weighted by atomic mass is 32.2. The van der Waals surface area contributed by atoms with Crippen molar-refractivity contribution in [3.63, 3.8) is 0 Å². The van der Waals surface area contributed by atoms with Gasteiger partial charge < -0.3 is 14.8 Å². The summed E-state index contributed by atoms with van der Waals surface area (Å²) in [6.45, 7) is 0.212. The number of methoxy groups -OCH3 is 2. The molecule has 0 unspecified atom stereocenters. The Balaban J connectivity index is 1.72. The summed E-state index contributed by atoms with van der Waals surface area (Å²) in [6.07, 6.45) is -3.53. The minimum atomic E-state index is -4.47. The number of ether oxygens (including phenoxy) is 2. The topological polar surface area (TPSA) is 84.9 Å². The highest BCUT2D eigenvalue weighted by Crippen LogP contribution is 2.33. The van der Waals surface area contributed by atoms with Crippen LogP contribution in [0.2, 0.25) is 0 Å². The second kappa shape index (κ2) is 9.37. The number of halogens is 3. The van der Waals surface area contributed by atoms with Crippen LogP contribution in [-0.2, 0) is 21.0 Å². The van der Waals surface area contributed by atoms with Gasteiger partial charge in [0, 0.05) is 24.8 Å². The van der Waals surface area contributed by atoms with Crippen LogP contribution in [0.5, 0.6) is 11.5 Å². The first-order valence-electron chi connectivity index (χ1n) is 9.76. The number of piperidine rings is 1. The predicted octanol–water partition coefficient (Wildman–Crippen LogP) is 3.76. The molecule has 32 heavy (non-hydrogen) atoms. The van der Waals surface area contributed by atoms with Gasteiger partial charge in [0.15, 0.2) is 11.5 Å². The Morgan fingerprint density at radius 3 is 2.31 bits per heavy atom. The van der Waals surface area contributed by atoms with E-state index in [0.717, 1.165) is 12.1 Å². The van der Waals surface area contributed by atoms with E-state index >= 15 is 0 Å². The number of nitrogens with zero attached hydrogens (tertiary/aromatic N) is 1. The second-order valence-corrected chi connectivity index (χ2v) is 9.22. The smallest absolute Gasteiger partial charge is 0.416 e. The molecule has 1 atom stereocenters. The summed E-state index contributed by atoms with van der Waals surface area (Å²) >= 11 is 0. The predicted molar refractivity (Wildman–Crippen MR) is 111 cm³/mol.